The molecular weight excluding hydrogens is 184 g/mol. The molecule has 0 aliphatic heterocycles. The molecule has 1 atom stereocenters. The third kappa shape index (κ3) is 4.25. The molecule has 0 aromatic carbocycles. The lowest BCUT2D eigenvalue weighted by molar-refractivity contribution is -0.143. The number of esters is 1. The van der Waals surface area contributed by atoms with Gasteiger partial charge in [0, 0.05) is 12.8 Å². The molecule has 1 rings (SSSR count). The molecule has 0 spiro atoms. The average Bonchev–Trinajstić information content (AvgIpc) is 2.86. The summed E-state index contributed by atoms with van der Waals surface area (Å²) in [7, 11) is 1.33. The second-order valence-electron chi connectivity index (χ2n) is 3.92. The van der Waals surface area contributed by atoms with Crippen molar-refractivity contribution in [3.05, 3.63) is 0 Å². The van der Waals surface area contributed by atoms with Gasteiger partial charge < -0.3 is 9.84 Å². The van der Waals surface area contributed by atoms with Gasteiger partial charge >= 0.3 is 11.9 Å². The Morgan fingerprint density at radius 1 is 1.43 bits per heavy atom. The first-order chi connectivity index (χ1) is 6.61. The maximum absolute atomic E-state index is 11.0. The van der Waals surface area contributed by atoms with Crippen molar-refractivity contribution < 1.29 is 19.4 Å². The summed E-state index contributed by atoms with van der Waals surface area (Å²) in [5.41, 5.74) is 0. The molecular formula is C10H16O4. The van der Waals surface area contributed by atoms with Gasteiger partial charge in [0.15, 0.2) is 0 Å². The zero-order valence-corrected chi connectivity index (χ0v) is 8.36. The summed E-state index contributed by atoms with van der Waals surface area (Å²) in [4.78, 5) is 21.5. The molecule has 0 aromatic rings. The van der Waals surface area contributed by atoms with Crippen LogP contribution in [0.2, 0.25) is 0 Å². The number of hydrogen-bond donors (Lipinski definition) is 1. The van der Waals surface area contributed by atoms with E-state index in [1.54, 1.807) is 0 Å². The summed E-state index contributed by atoms with van der Waals surface area (Å²) in [6, 6.07) is 0. The number of methoxy groups -OCH3 is 1. The number of carboxylic acid groups (broad SMARTS) is 1. The molecule has 0 bridgehead atoms. The maximum atomic E-state index is 11.0. The molecule has 1 fully saturated rings. The second kappa shape index (κ2) is 4.98. The smallest absolute Gasteiger partial charge is 0.305 e. The van der Waals surface area contributed by atoms with Crippen LogP contribution in [0.15, 0.2) is 0 Å². The van der Waals surface area contributed by atoms with Crippen molar-refractivity contribution in [2.24, 2.45) is 11.8 Å². The third-order valence-corrected chi connectivity index (χ3v) is 2.51. The minimum atomic E-state index is -0.834. The van der Waals surface area contributed by atoms with E-state index >= 15 is 0 Å². The summed E-state index contributed by atoms with van der Waals surface area (Å²) < 4.78 is 4.53. The van der Waals surface area contributed by atoms with E-state index in [0.717, 1.165) is 6.42 Å². The Hall–Kier alpha value is -1.06. The third-order valence-electron chi connectivity index (χ3n) is 2.51. The highest BCUT2D eigenvalue weighted by atomic mass is 16.5. The van der Waals surface area contributed by atoms with Crippen molar-refractivity contribution in [1.29, 1.82) is 0 Å². The van der Waals surface area contributed by atoms with Crippen LogP contribution in [0, 0.1) is 11.8 Å². The number of aliphatic carboxylic acids is 1. The van der Waals surface area contributed by atoms with Crippen LogP contribution in [-0.2, 0) is 14.3 Å². The van der Waals surface area contributed by atoms with Gasteiger partial charge in [-0.1, -0.05) is 12.8 Å². The van der Waals surface area contributed by atoms with Crippen LogP contribution in [0.4, 0.5) is 0 Å². The molecule has 0 radical (unpaired) electrons. The molecule has 1 unspecified atom stereocenters. The SMILES string of the molecule is COC(=O)CC(CC(=O)O)CC1CC1. The molecule has 80 valence electrons. The van der Waals surface area contributed by atoms with Gasteiger partial charge in [0.25, 0.3) is 0 Å². The molecule has 0 aromatic heterocycles. The Morgan fingerprint density at radius 3 is 2.50 bits per heavy atom. The Kier molecular flexibility index (Phi) is 3.92. The summed E-state index contributed by atoms with van der Waals surface area (Å²) in [5.74, 6) is -0.548. The first kappa shape index (κ1) is 11.0. The molecule has 0 saturated heterocycles. The number of rotatable bonds is 6. The fourth-order valence-corrected chi connectivity index (χ4v) is 1.63. The van der Waals surface area contributed by atoms with Gasteiger partial charge in [0.2, 0.25) is 0 Å². The van der Waals surface area contributed by atoms with E-state index in [-0.39, 0.29) is 24.7 Å². The van der Waals surface area contributed by atoms with Gasteiger partial charge in [0.05, 0.1) is 7.11 Å². The van der Waals surface area contributed by atoms with Crippen molar-refractivity contribution in [1.82, 2.24) is 0 Å². The van der Waals surface area contributed by atoms with E-state index in [9.17, 15) is 9.59 Å². The topological polar surface area (TPSA) is 63.6 Å². The Labute approximate surface area is 83.2 Å². The zero-order chi connectivity index (χ0) is 10.6. The number of hydrogen-bond acceptors (Lipinski definition) is 3. The fraction of sp³-hybridized carbons (Fsp3) is 0.800. The normalized spacial score (nSPS) is 17.5. The molecule has 14 heavy (non-hydrogen) atoms. The van der Waals surface area contributed by atoms with E-state index in [2.05, 4.69) is 4.74 Å². The van der Waals surface area contributed by atoms with E-state index < -0.39 is 5.97 Å². The highest BCUT2D eigenvalue weighted by Gasteiger charge is 2.28. The van der Waals surface area contributed by atoms with Gasteiger partial charge in [-0.3, -0.25) is 9.59 Å². The number of carboxylic acids is 1. The minimum absolute atomic E-state index is 0.0487. The van der Waals surface area contributed by atoms with Crippen LogP contribution in [0.5, 0.6) is 0 Å². The van der Waals surface area contributed by atoms with Crippen molar-refractivity contribution >= 4 is 11.9 Å². The predicted octanol–water partition coefficient (Wildman–Crippen LogP) is 1.44. The highest BCUT2D eigenvalue weighted by Crippen LogP contribution is 2.37. The number of carbonyl (C=O) groups is 2. The Bertz CT molecular complexity index is 220. The van der Waals surface area contributed by atoms with E-state index in [4.69, 9.17) is 5.11 Å². The molecule has 1 aliphatic rings. The molecule has 1 N–H and O–H groups in total. The number of carbonyl (C=O) groups excluding carboxylic acids is 1. The monoisotopic (exact) mass is 200 g/mol. The molecule has 0 heterocycles. The Balaban J connectivity index is 2.33. The van der Waals surface area contributed by atoms with Gasteiger partial charge in [-0.25, -0.2) is 0 Å². The quantitative estimate of drug-likeness (QED) is 0.659. The molecule has 4 heteroatoms. The summed E-state index contributed by atoms with van der Waals surface area (Å²) in [6.07, 6.45) is 3.51. The lowest BCUT2D eigenvalue weighted by atomic mass is 9.95. The van der Waals surface area contributed by atoms with Crippen molar-refractivity contribution in [2.75, 3.05) is 7.11 Å². The predicted molar refractivity (Wildman–Crippen MR) is 49.7 cm³/mol. The first-order valence-corrected chi connectivity index (χ1v) is 4.90. The van der Waals surface area contributed by atoms with Gasteiger partial charge in [-0.05, 0) is 18.3 Å². The lowest BCUT2D eigenvalue weighted by Crippen LogP contribution is -2.14. The standard InChI is InChI=1S/C10H16O4/c1-14-10(13)6-8(5-9(11)12)4-7-2-3-7/h7-8H,2-6H2,1H3,(H,11,12). The van der Waals surface area contributed by atoms with E-state index in [0.29, 0.717) is 5.92 Å². The molecule has 1 saturated carbocycles. The highest BCUT2D eigenvalue weighted by molar-refractivity contribution is 5.72. The fourth-order valence-electron chi connectivity index (χ4n) is 1.63. The molecule has 0 amide bonds. The van der Waals surface area contributed by atoms with Crippen LogP contribution < -0.4 is 0 Å². The Morgan fingerprint density at radius 2 is 2.07 bits per heavy atom. The maximum Gasteiger partial charge on any atom is 0.305 e. The summed E-state index contributed by atoms with van der Waals surface area (Å²) >= 11 is 0. The molecule has 1 aliphatic carbocycles. The number of ether oxygens (including phenoxy) is 1. The lowest BCUT2D eigenvalue weighted by Gasteiger charge is -2.12. The van der Waals surface area contributed by atoms with Crippen LogP contribution in [-0.4, -0.2) is 24.2 Å². The summed E-state index contributed by atoms with van der Waals surface area (Å²) in [5, 5.41) is 8.65. The van der Waals surface area contributed by atoms with Gasteiger partial charge in [-0.15, -0.1) is 0 Å². The first-order valence-electron chi connectivity index (χ1n) is 4.90. The van der Waals surface area contributed by atoms with Crippen molar-refractivity contribution in [2.45, 2.75) is 32.1 Å². The van der Waals surface area contributed by atoms with Crippen molar-refractivity contribution in [3.63, 3.8) is 0 Å². The average molecular weight is 200 g/mol. The summed E-state index contributed by atoms with van der Waals surface area (Å²) in [6.45, 7) is 0. The largest absolute Gasteiger partial charge is 0.481 e. The van der Waals surface area contributed by atoms with E-state index in [1.165, 1.54) is 20.0 Å². The zero-order valence-electron chi connectivity index (χ0n) is 8.36. The molecule has 4 nitrogen and oxygen atoms in total. The minimum Gasteiger partial charge on any atom is -0.481 e. The van der Waals surface area contributed by atoms with Crippen LogP contribution in [0.3, 0.4) is 0 Å². The van der Waals surface area contributed by atoms with Gasteiger partial charge in [-0.2, -0.15) is 0 Å². The van der Waals surface area contributed by atoms with Crippen LogP contribution in [0.25, 0.3) is 0 Å². The van der Waals surface area contributed by atoms with Gasteiger partial charge in [0.1, 0.15) is 0 Å². The van der Waals surface area contributed by atoms with Crippen molar-refractivity contribution in [3.8, 4) is 0 Å². The van der Waals surface area contributed by atoms with E-state index in [1.807, 2.05) is 0 Å². The van der Waals surface area contributed by atoms with Crippen LogP contribution >= 0.6 is 0 Å². The second-order valence-corrected chi connectivity index (χ2v) is 3.92. The van der Waals surface area contributed by atoms with Crippen LogP contribution in [0.1, 0.15) is 32.1 Å².